The molecule has 2 amide bonds. The number of anilines is 2. The van der Waals surface area contributed by atoms with Gasteiger partial charge < -0.3 is 19.3 Å². The summed E-state index contributed by atoms with van der Waals surface area (Å²) in [7, 11) is 0. The summed E-state index contributed by atoms with van der Waals surface area (Å²) in [4.78, 5) is 31.6. The predicted molar refractivity (Wildman–Crippen MR) is 215 cm³/mol. The van der Waals surface area contributed by atoms with Crippen LogP contribution in [-0.4, -0.2) is 36.7 Å². The molecule has 6 aromatic carbocycles. The predicted octanol–water partition coefficient (Wildman–Crippen LogP) is 10.4. The number of benzene rings is 6. The number of rotatable bonds is 12. The molecule has 2 heterocycles. The molecule has 0 aromatic heterocycles. The number of carbonyl (C=O) groups is 2. The maximum absolute atomic E-state index is 14.0. The Kier molecular flexibility index (Phi) is 10.2. The Morgan fingerprint density at radius 2 is 0.925 bits per heavy atom. The second-order valence-corrected chi connectivity index (χ2v) is 14.4. The maximum atomic E-state index is 14.0. The molecule has 0 spiro atoms. The highest BCUT2D eigenvalue weighted by molar-refractivity contribution is 6.19. The van der Waals surface area contributed by atoms with E-state index in [2.05, 4.69) is 24.3 Å². The van der Waals surface area contributed by atoms with E-state index < -0.39 is 0 Å². The number of alkyl halides is 2. The lowest BCUT2D eigenvalue weighted by atomic mass is 9.95. The van der Waals surface area contributed by atoms with Crippen molar-refractivity contribution in [1.82, 2.24) is 0 Å². The Labute approximate surface area is 319 Å². The van der Waals surface area contributed by atoms with E-state index in [1.54, 1.807) is 0 Å². The van der Waals surface area contributed by atoms with Crippen molar-refractivity contribution in [2.75, 3.05) is 34.6 Å². The molecule has 0 saturated carbocycles. The first-order valence-corrected chi connectivity index (χ1v) is 19.3. The summed E-state index contributed by atoms with van der Waals surface area (Å²) in [6.45, 7) is 1.82. The van der Waals surface area contributed by atoms with Gasteiger partial charge in [-0.15, -0.1) is 23.2 Å². The Morgan fingerprint density at radius 1 is 0.547 bits per heavy atom. The lowest BCUT2D eigenvalue weighted by Crippen LogP contribution is -2.32. The van der Waals surface area contributed by atoms with Crippen LogP contribution in [-0.2, 0) is 22.8 Å². The highest BCUT2D eigenvalue weighted by Crippen LogP contribution is 2.47. The molecule has 2 aliphatic rings. The van der Waals surface area contributed by atoms with Gasteiger partial charge in [-0.05, 0) is 39.4 Å². The molecule has 6 aromatic rings. The Balaban J connectivity index is 1.00. The number of nitrogens with zero attached hydrogens (tertiary/aromatic N) is 2. The standard InChI is InChI=1S/C45H40Cl2N2O4/c46-24-32-26-48(38-22-40(52-28-30-12-3-1-4-13-30)34-16-7-9-18-36(34)44(32)38)42(50)20-11-21-43(51)49-27-33(25-47)45-37-19-10-8-17-35(37)41(23-39(45)49)53-29-31-14-5-2-6-15-31/h1-10,12-19,22-23,32-33H,11,20-21,24-29H2/t32-,33-/m1/s1. The van der Waals surface area contributed by atoms with Crippen LogP contribution in [0.5, 0.6) is 11.5 Å². The lowest BCUT2D eigenvalue weighted by molar-refractivity contribution is -0.119. The molecule has 8 heteroatoms. The zero-order chi connectivity index (χ0) is 36.3. The van der Waals surface area contributed by atoms with Crippen LogP contribution in [0.4, 0.5) is 11.4 Å². The largest absolute Gasteiger partial charge is 0.488 e. The van der Waals surface area contributed by atoms with Gasteiger partial charge in [0.1, 0.15) is 24.7 Å². The first kappa shape index (κ1) is 35.0. The van der Waals surface area contributed by atoms with E-state index in [0.717, 1.165) is 66.7 Å². The second kappa shape index (κ2) is 15.5. The summed E-state index contributed by atoms with van der Waals surface area (Å²) < 4.78 is 12.8. The van der Waals surface area contributed by atoms with Gasteiger partial charge in [0.2, 0.25) is 11.8 Å². The van der Waals surface area contributed by atoms with Crippen LogP contribution in [0.25, 0.3) is 21.5 Å². The van der Waals surface area contributed by atoms with Crippen LogP contribution in [0, 0.1) is 0 Å². The first-order valence-electron chi connectivity index (χ1n) is 18.2. The van der Waals surface area contributed by atoms with Gasteiger partial charge in [-0.3, -0.25) is 9.59 Å². The minimum atomic E-state index is -0.0287. The number of amides is 2. The highest BCUT2D eigenvalue weighted by Gasteiger charge is 2.36. The summed E-state index contributed by atoms with van der Waals surface area (Å²) >= 11 is 13.1. The van der Waals surface area contributed by atoms with E-state index >= 15 is 0 Å². The molecule has 0 N–H and O–H groups in total. The summed E-state index contributed by atoms with van der Waals surface area (Å²) in [5.74, 6) is 2.17. The molecule has 2 aliphatic heterocycles. The van der Waals surface area contributed by atoms with Crippen molar-refractivity contribution in [3.63, 3.8) is 0 Å². The minimum Gasteiger partial charge on any atom is -0.488 e. The molecular formula is C45H40Cl2N2O4. The van der Waals surface area contributed by atoms with Crippen LogP contribution in [0.2, 0.25) is 0 Å². The molecule has 0 bridgehead atoms. The minimum absolute atomic E-state index is 0.00737. The van der Waals surface area contributed by atoms with Crippen LogP contribution >= 0.6 is 23.2 Å². The van der Waals surface area contributed by atoms with Crippen molar-refractivity contribution in [2.45, 2.75) is 44.3 Å². The van der Waals surface area contributed by atoms with E-state index in [1.807, 2.05) is 107 Å². The highest BCUT2D eigenvalue weighted by atomic mass is 35.5. The Bertz CT molecular complexity index is 2120. The van der Waals surface area contributed by atoms with E-state index in [0.29, 0.717) is 44.5 Å². The molecule has 0 fully saturated rings. The molecule has 2 atom stereocenters. The molecular weight excluding hydrogens is 703 g/mol. The van der Waals surface area contributed by atoms with Crippen LogP contribution in [0.3, 0.4) is 0 Å². The third-order valence-electron chi connectivity index (χ3n) is 10.5. The maximum Gasteiger partial charge on any atom is 0.227 e. The first-order chi connectivity index (χ1) is 26.0. The number of hydrogen-bond acceptors (Lipinski definition) is 4. The number of fused-ring (bicyclic) bond motifs is 6. The zero-order valence-electron chi connectivity index (χ0n) is 29.3. The van der Waals surface area contributed by atoms with Crippen molar-refractivity contribution in [3.05, 3.63) is 144 Å². The topological polar surface area (TPSA) is 59.1 Å². The van der Waals surface area contributed by atoms with Gasteiger partial charge in [-0.1, -0.05) is 109 Å². The van der Waals surface area contributed by atoms with Crippen molar-refractivity contribution in [3.8, 4) is 11.5 Å². The van der Waals surface area contributed by atoms with Gasteiger partial charge in [0.25, 0.3) is 0 Å². The van der Waals surface area contributed by atoms with E-state index in [9.17, 15) is 9.59 Å². The Hall–Kier alpha value is -5.04. The molecule has 268 valence electrons. The third-order valence-corrected chi connectivity index (χ3v) is 11.2. The smallest absolute Gasteiger partial charge is 0.227 e. The van der Waals surface area contributed by atoms with Gasteiger partial charge in [0.05, 0.1) is 11.4 Å². The normalized spacial score (nSPS) is 16.2. The average molecular weight is 744 g/mol. The van der Waals surface area contributed by atoms with E-state index in [-0.39, 0.29) is 36.5 Å². The third kappa shape index (κ3) is 6.94. The molecule has 6 nitrogen and oxygen atoms in total. The SMILES string of the molecule is O=C(CCCC(=O)N1C[C@@H](CCl)c2c1cc(OCc1ccccc1)c1ccccc21)N1C[C@@H](CCl)c2c1cc(OCc1ccccc1)c1ccccc21. The van der Waals surface area contributed by atoms with Gasteiger partial charge in [0, 0.05) is 72.4 Å². The van der Waals surface area contributed by atoms with Crippen molar-refractivity contribution in [2.24, 2.45) is 0 Å². The average Bonchev–Trinajstić information content (AvgIpc) is 3.78. The molecule has 8 rings (SSSR count). The van der Waals surface area contributed by atoms with Gasteiger partial charge in [-0.2, -0.15) is 0 Å². The molecule has 0 saturated heterocycles. The number of ether oxygens (including phenoxy) is 2. The number of hydrogen-bond donors (Lipinski definition) is 0. The van der Waals surface area contributed by atoms with Gasteiger partial charge >= 0.3 is 0 Å². The molecule has 0 aliphatic carbocycles. The fourth-order valence-electron chi connectivity index (χ4n) is 7.92. The second-order valence-electron chi connectivity index (χ2n) is 13.8. The van der Waals surface area contributed by atoms with Crippen LogP contribution < -0.4 is 19.3 Å². The summed E-state index contributed by atoms with van der Waals surface area (Å²) in [6.07, 6.45) is 0.883. The zero-order valence-corrected chi connectivity index (χ0v) is 30.9. The monoisotopic (exact) mass is 742 g/mol. The fraction of sp³-hybridized carbons (Fsp3) is 0.244. The summed E-state index contributed by atoms with van der Waals surface area (Å²) in [5.41, 5.74) is 5.95. The van der Waals surface area contributed by atoms with Crippen molar-refractivity contribution >= 4 is 67.9 Å². The van der Waals surface area contributed by atoms with E-state index in [1.165, 1.54) is 0 Å². The van der Waals surface area contributed by atoms with Crippen molar-refractivity contribution < 1.29 is 19.1 Å². The molecule has 0 radical (unpaired) electrons. The number of carbonyl (C=O) groups excluding carboxylic acids is 2. The molecule has 53 heavy (non-hydrogen) atoms. The van der Waals surface area contributed by atoms with Gasteiger partial charge in [-0.25, -0.2) is 0 Å². The van der Waals surface area contributed by atoms with E-state index in [4.69, 9.17) is 32.7 Å². The van der Waals surface area contributed by atoms with Crippen LogP contribution in [0.15, 0.2) is 121 Å². The van der Waals surface area contributed by atoms with Crippen LogP contribution in [0.1, 0.15) is 53.4 Å². The quantitative estimate of drug-likeness (QED) is 0.117. The lowest BCUT2D eigenvalue weighted by Gasteiger charge is -2.21. The fourth-order valence-corrected chi connectivity index (χ4v) is 8.42. The van der Waals surface area contributed by atoms with Crippen molar-refractivity contribution in [1.29, 1.82) is 0 Å². The molecule has 0 unspecified atom stereocenters. The summed E-state index contributed by atoms with van der Waals surface area (Å²) in [5, 5.41) is 4.09. The summed E-state index contributed by atoms with van der Waals surface area (Å²) in [6, 6.07) is 40.4. The Morgan fingerprint density at radius 3 is 1.32 bits per heavy atom. The van der Waals surface area contributed by atoms with Gasteiger partial charge in [0.15, 0.2) is 0 Å². The number of halogens is 2.